The molecule has 0 unspecified atom stereocenters. The zero-order valence-electron chi connectivity index (χ0n) is 13.2. The lowest BCUT2D eigenvalue weighted by molar-refractivity contribution is 0.0956. The van der Waals surface area contributed by atoms with E-state index in [1.165, 1.54) is 17.0 Å². The van der Waals surface area contributed by atoms with Gasteiger partial charge in [-0.25, -0.2) is 0 Å². The smallest absolute Gasteiger partial charge is 0.251 e. The van der Waals surface area contributed by atoms with Crippen molar-refractivity contribution in [2.45, 2.75) is 27.3 Å². The first-order chi connectivity index (χ1) is 10.0. The number of carbonyl (C=O) groups is 1. The zero-order valence-corrected chi connectivity index (χ0v) is 13.2. The standard InChI is InChI=1S/C17H23N3O/c1-5-18-17(21)14-7-6-8-16(10-14)19-11-15-9-12(2)20(4)13(15)3/h6-10,19H,5,11H2,1-4H3,(H,18,21). The first-order valence-corrected chi connectivity index (χ1v) is 7.27. The minimum Gasteiger partial charge on any atom is -0.381 e. The SMILES string of the molecule is CCNC(=O)c1cccc(NCc2cc(C)n(C)c2C)c1. The topological polar surface area (TPSA) is 46.1 Å². The summed E-state index contributed by atoms with van der Waals surface area (Å²) in [5, 5.41) is 6.20. The summed E-state index contributed by atoms with van der Waals surface area (Å²) in [6, 6.07) is 9.78. The summed E-state index contributed by atoms with van der Waals surface area (Å²) in [6.45, 7) is 7.53. The second-order valence-corrected chi connectivity index (χ2v) is 5.25. The number of amides is 1. The van der Waals surface area contributed by atoms with Crippen LogP contribution in [0, 0.1) is 13.8 Å². The van der Waals surface area contributed by atoms with Gasteiger partial charge in [-0.1, -0.05) is 6.07 Å². The highest BCUT2D eigenvalue weighted by Gasteiger charge is 2.07. The van der Waals surface area contributed by atoms with E-state index in [1.54, 1.807) is 0 Å². The molecular formula is C17H23N3O. The van der Waals surface area contributed by atoms with Crippen molar-refractivity contribution in [1.29, 1.82) is 0 Å². The third-order valence-corrected chi connectivity index (χ3v) is 3.83. The quantitative estimate of drug-likeness (QED) is 0.887. The molecule has 0 aliphatic heterocycles. The fourth-order valence-electron chi connectivity index (χ4n) is 2.34. The van der Waals surface area contributed by atoms with E-state index in [1.807, 2.05) is 31.2 Å². The molecule has 0 aliphatic carbocycles. The number of hydrogen-bond donors (Lipinski definition) is 2. The van der Waals surface area contributed by atoms with Crippen LogP contribution in [-0.2, 0) is 13.6 Å². The van der Waals surface area contributed by atoms with Gasteiger partial charge in [0.2, 0.25) is 0 Å². The van der Waals surface area contributed by atoms with Crippen LogP contribution in [0.4, 0.5) is 5.69 Å². The van der Waals surface area contributed by atoms with E-state index in [9.17, 15) is 4.79 Å². The van der Waals surface area contributed by atoms with Crippen LogP contribution < -0.4 is 10.6 Å². The maximum Gasteiger partial charge on any atom is 0.251 e. The van der Waals surface area contributed by atoms with Gasteiger partial charge in [0.05, 0.1) is 0 Å². The van der Waals surface area contributed by atoms with E-state index >= 15 is 0 Å². The van der Waals surface area contributed by atoms with E-state index in [2.05, 4.69) is 42.2 Å². The summed E-state index contributed by atoms with van der Waals surface area (Å²) < 4.78 is 2.18. The molecule has 0 fully saturated rings. The lowest BCUT2D eigenvalue weighted by Crippen LogP contribution is -2.22. The number of anilines is 1. The van der Waals surface area contributed by atoms with Crippen LogP contribution >= 0.6 is 0 Å². The normalized spacial score (nSPS) is 10.5. The van der Waals surface area contributed by atoms with Crippen LogP contribution in [0.2, 0.25) is 0 Å². The van der Waals surface area contributed by atoms with Crippen molar-refractivity contribution in [2.24, 2.45) is 7.05 Å². The molecule has 0 saturated carbocycles. The fourth-order valence-corrected chi connectivity index (χ4v) is 2.34. The first kappa shape index (κ1) is 15.2. The predicted octanol–water partition coefficient (Wildman–Crippen LogP) is 3.00. The first-order valence-electron chi connectivity index (χ1n) is 7.27. The molecule has 1 amide bonds. The molecule has 2 N–H and O–H groups in total. The summed E-state index contributed by atoms with van der Waals surface area (Å²) >= 11 is 0. The van der Waals surface area contributed by atoms with Crippen LogP contribution in [0.5, 0.6) is 0 Å². The Balaban J connectivity index is 2.08. The van der Waals surface area contributed by atoms with Gasteiger partial charge in [0.1, 0.15) is 0 Å². The van der Waals surface area contributed by atoms with Gasteiger partial charge in [0.25, 0.3) is 5.91 Å². The van der Waals surface area contributed by atoms with Gasteiger partial charge in [-0.3, -0.25) is 4.79 Å². The fraction of sp³-hybridized carbons (Fsp3) is 0.353. The Morgan fingerprint density at radius 3 is 2.62 bits per heavy atom. The van der Waals surface area contributed by atoms with Crippen LogP contribution in [0.1, 0.15) is 34.2 Å². The average Bonchev–Trinajstić information content (AvgIpc) is 2.73. The monoisotopic (exact) mass is 285 g/mol. The molecule has 0 atom stereocenters. The minimum atomic E-state index is -0.0344. The summed E-state index contributed by atoms with van der Waals surface area (Å²) in [4.78, 5) is 11.8. The summed E-state index contributed by atoms with van der Waals surface area (Å²) in [7, 11) is 2.07. The minimum absolute atomic E-state index is 0.0344. The van der Waals surface area contributed by atoms with E-state index < -0.39 is 0 Å². The molecule has 1 aromatic heterocycles. The molecule has 1 aromatic carbocycles. The van der Waals surface area contributed by atoms with Gasteiger partial charge in [-0.05, 0) is 50.6 Å². The molecule has 112 valence electrons. The van der Waals surface area contributed by atoms with Crippen LogP contribution in [0.15, 0.2) is 30.3 Å². The number of aromatic nitrogens is 1. The highest BCUT2D eigenvalue weighted by Crippen LogP contribution is 2.16. The Morgan fingerprint density at radius 1 is 1.24 bits per heavy atom. The largest absolute Gasteiger partial charge is 0.381 e. The second-order valence-electron chi connectivity index (χ2n) is 5.25. The number of aryl methyl sites for hydroxylation is 1. The van der Waals surface area contributed by atoms with Crippen LogP contribution in [0.25, 0.3) is 0 Å². The number of rotatable bonds is 5. The van der Waals surface area contributed by atoms with Crippen LogP contribution in [0.3, 0.4) is 0 Å². The van der Waals surface area contributed by atoms with E-state index in [0.717, 1.165) is 12.2 Å². The molecule has 4 heteroatoms. The predicted molar refractivity (Wildman–Crippen MR) is 86.7 cm³/mol. The lowest BCUT2D eigenvalue weighted by atomic mass is 10.1. The Morgan fingerprint density at radius 2 is 2.00 bits per heavy atom. The van der Waals surface area contributed by atoms with Gasteiger partial charge >= 0.3 is 0 Å². The van der Waals surface area contributed by atoms with Crippen molar-refractivity contribution in [2.75, 3.05) is 11.9 Å². The Hall–Kier alpha value is -2.23. The van der Waals surface area contributed by atoms with Crippen molar-refractivity contribution >= 4 is 11.6 Å². The van der Waals surface area contributed by atoms with Crippen molar-refractivity contribution in [1.82, 2.24) is 9.88 Å². The summed E-state index contributed by atoms with van der Waals surface area (Å²) in [6.07, 6.45) is 0. The van der Waals surface area contributed by atoms with Crippen molar-refractivity contribution in [3.63, 3.8) is 0 Å². The van der Waals surface area contributed by atoms with Gasteiger partial charge in [0, 0.05) is 42.8 Å². The van der Waals surface area contributed by atoms with Crippen molar-refractivity contribution in [3.05, 3.63) is 52.8 Å². The number of hydrogen-bond acceptors (Lipinski definition) is 2. The Kier molecular flexibility index (Phi) is 4.68. The van der Waals surface area contributed by atoms with Gasteiger partial charge in [-0.2, -0.15) is 0 Å². The number of carbonyl (C=O) groups excluding carboxylic acids is 1. The summed E-state index contributed by atoms with van der Waals surface area (Å²) in [5.74, 6) is -0.0344. The van der Waals surface area contributed by atoms with Gasteiger partial charge in [0.15, 0.2) is 0 Å². The van der Waals surface area contributed by atoms with Crippen LogP contribution in [-0.4, -0.2) is 17.0 Å². The Bertz CT molecular complexity index is 643. The highest BCUT2D eigenvalue weighted by atomic mass is 16.1. The molecule has 4 nitrogen and oxygen atoms in total. The maximum atomic E-state index is 11.8. The summed E-state index contributed by atoms with van der Waals surface area (Å²) in [5.41, 5.74) is 5.43. The zero-order chi connectivity index (χ0) is 15.4. The molecule has 2 aromatic rings. The second kappa shape index (κ2) is 6.48. The molecule has 2 rings (SSSR count). The van der Waals surface area contributed by atoms with E-state index in [0.29, 0.717) is 12.1 Å². The molecule has 1 heterocycles. The molecule has 0 bridgehead atoms. The molecule has 21 heavy (non-hydrogen) atoms. The van der Waals surface area contributed by atoms with Gasteiger partial charge in [-0.15, -0.1) is 0 Å². The molecule has 0 saturated heterocycles. The third kappa shape index (κ3) is 3.45. The number of benzene rings is 1. The number of nitrogens with one attached hydrogen (secondary N) is 2. The van der Waals surface area contributed by atoms with Crippen molar-refractivity contribution < 1.29 is 4.79 Å². The molecule has 0 spiro atoms. The number of nitrogens with zero attached hydrogens (tertiary/aromatic N) is 1. The maximum absolute atomic E-state index is 11.8. The Labute approximate surface area is 126 Å². The average molecular weight is 285 g/mol. The van der Waals surface area contributed by atoms with Gasteiger partial charge < -0.3 is 15.2 Å². The molecule has 0 radical (unpaired) electrons. The lowest BCUT2D eigenvalue weighted by Gasteiger charge is -2.09. The van der Waals surface area contributed by atoms with E-state index in [-0.39, 0.29) is 5.91 Å². The highest BCUT2D eigenvalue weighted by molar-refractivity contribution is 5.95. The third-order valence-electron chi connectivity index (χ3n) is 3.83. The van der Waals surface area contributed by atoms with Crippen molar-refractivity contribution in [3.8, 4) is 0 Å². The van der Waals surface area contributed by atoms with E-state index in [4.69, 9.17) is 0 Å². The molecule has 0 aliphatic rings. The molecular weight excluding hydrogens is 262 g/mol.